The standard InChI is InChI=1S/C10H13N3S/c1-3-7-5-6-8(14-7)10-11-9(4-2)12-13-10/h5-6H,3-4H2,1-2H3,(H,11,12,13). The number of H-pyrrole nitrogens is 1. The molecule has 2 aromatic rings. The highest BCUT2D eigenvalue weighted by Crippen LogP contribution is 2.25. The van der Waals surface area contributed by atoms with E-state index in [-0.39, 0.29) is 0 Å². The number of hydrogen-bond donors (Lipinski definition) is 1. The normalized spacial score (nSPS) is 10.7. The van der Waals surface area contributed by atoms with Crippen LogP contribution in [0.3, 0.4) is 0 Å². The molecular formula is C10H13N3S. The van der Waals surface area contributed by atoms with Gasteiger partial charge < -0.3 is 0 Å². The van der Waals surface area contributed by atoms with Crippen molar-refractivity contribution in [3.05, 3.63) is 22.8 Å². The van der Waals surface area contributed by atoms with Gasteiger partial charge in [0, 0.05) is 11.3 Å². The Labute approximate surface area is 87.2 Å². The summed E-state index contributed by atoms with van der Waals surface area (Å²) in [6, 6.07) is 4.23. The lowest BCUT2D eigenvalue weighted by Crippen LogP contribution is -1.80. The molecule has 4 heteroatoms. The Bertz CT molecular complexity index is 376. The first-order valence-corrected chi connectivity index (χ1v) is 5.65. The molecule has 14 heavy (non-hydrogen) atoms. The quantitative estimate of drug-likeness (QED) is 0.840. The fourth-order valence-electron chi connectivity index (χ4n) is 1.25. The number of nitrogens with zero attached hydrogens (tertiary/aromatic N) is 2. The Balaban J connectivity index is 2.29. The first-order valence-electron chi connectivity index (χ1n) is 4.83. The van der Waals surface area contributed by atoms with Crippen LogP contribution >= 0.6 is 11.3 Å². The highest BCUT2D eigenvalue weighted by Gasteiger charge is 2.06. The average Bonchev–Trinajstić information content (AvgIpc) is 2.86. The molecule has 74 valence electrons. The molecule has 0 bridgehead atoms. The topological polar surface area (TPSA) is 41.6 Å². The van der Waals surface area contributed by atoms with Crippen LogP contribution in [0.1, 0.15) is 24.5 Å². The van der Waals surface area contributed by atoms with E-state index in [2.05, 4.69) is 41.2 Å². The van der Waals surface area contributed by atoms with Crippen LogP contribution in [-0.2, 0) is 12.8 Å². The van der Waals surface area contributed by atoms with Crippen molar-refractivity contribution < 1.29 is 0 Å². The maximum atomic E-state index is 4.39. The number of thiophene rings is 1. The predicted molar refractivity (Wildman–Crippen MR) is 58.5 cm³/mol. The van der Waals surface area contributed by atoms with Crippen molar-refractivity contribution in [3.8, 4) is 10.7 Å². The second kappa shape index (κ2) is 3.92. The molecule has 2 rings (SSSR count). The van der Waals surface area contributed by atoms with E-state index in [1.165, 1.54) is 4.88 Å². The van der Waals surface area contributed by atoms with Crippen LogP contribution in [0.4, 0.5) is 0 Å². The summed E-state index contributed by atoms with van der Waals surface area (Å²) in [6.07, 6.45) is 1.98. The van der Waals surface area contributed by atoms with Crippen LogP contribution in [0, 0.1) is 0 Å². The molecule has 0 saturated heterocycles. The molecule has 0 unspecified atom stereocenters. The molecule has 0 aliphatic carbocycles. The number of hydrogen-bond acceptors (Lipinski definition) is 3. The van der Waals surface area contributed by atoms with Crippen LogP contribution < -0.4 is 0 Å². The highest BCUT2D eigenvalue weighted by atomic mass is 32.1. The maximum Gasteiger partial charge on any atom is 0.191 e. The molecule has 0 spiro atoms. The molecule has 0 saturated carbocycles. The van der Waals surface area contributed by atoms with Gasteiger partial charge in [-0.2, -0.15) is 5.10 Å². The SMILES string of the molecule is CCc1nc(-c2ccc(CC)s2)n[nH]1. The Morgan fingerprint density at radius 3 is 2.71 bits per heavy atom. The van der Waals surface area contributed by atoms with E-state index < -0.39 is 0 Å². The van der Waals surface area contributed by atoms with Crippen molar-refractivity contribution in [1.29, 1.82) is 0 Å². The Hall–Kier alpha value is -1.16. The largest absolute Gasteiger partial charge is 0.263 e. The summed E-state index contributed by atoms with van der Waals surface area (Å²) in [5.74, 6) is 1.78. The van der Waals surface area contributed by atoms with Gasteiger partial charge in [-0.25, -0.2) is 4.98 Å². The minimum atomic E-state index is 0.826. The number of aryl methyl sites for hydroxylation is 2. The Kier molecular flexibility index (Phi) is 2.63. The maximum absolute atomic E-state index is 4.39. The zero-order valence-corrected chi connectivity index (χ0v) is 9.19. The molecule has 0 amide bonds. The lowest BCUT2D eigenvalue weighted by atomic mass is 10.3. The first kappa shape index (κ1) is 9.40. The lowest BCUT2D eigenvalue weighted by molar-refractivity contribution is 0.946. The average molecular weight is 207 g/mol. The molecule has 0 radical (unpaired) electrons. The summed E-state index contributed by atoms with van der Waals surface area (Å²) >= 11 is 1.76. The fourth-order valence-corrected chi connectivity index (χ4v) is 2.13. The van der Waals surface area contributed by atoms with Gasteiger partial charge in [0.05, 0.1) is 4.88 Å². The van der Waals surface area contributed by atoms with Crippen molar-refractivity contribution in [2.45, 2.75) is 26.7 Å². The minimum absolute atomic E-state index is 0.826. The summed E-state index contributed by atoms with van der Waals surface area (Å²) in [7, 11) is 0. The van der Waals surface area contributed by atoms with E-state index in [0.29, 0.717) is 0 Å². The lowest BCUT2D eigenvalue weighted by Gasteiger charge is -1.86. The first-order chi connectivity index (χ1) is 6.83. The molecule has 2 heterocycles. The molecule has 1 N–H and O–H groups in total. The van der Waals surface area contributed by atoms with E-state index >= 15 is 0 Å². The molecule has 0 atom stereocenters. The third-order valence-electron chi connectivity index (χ3n) is 2.10. The number of aromatic nitrogens is 3. The summed E-state index contributed by atoms with van der Waals surface area (Å²) in [5.41, 5.74) is 0. The molecule has 0 aromatic carbocycles. The third-order valence-corrected chi connectivity index (χ3v) is 3.32. The summed E-state index contributed by atoms with van der Waals surface area (Å²) in [6.45, 7) is 4.22. The zero-order chi connectivity index (χ0) is 9.97. The van der Waals surface area contributed by atoms with Crippen LogP contribution in [0.2, 0.25) is 0 Å². The van der Waals surface area contributed by atoms with Crippen LogP contribution in [0.5, 0.6) is 0 Å². The number of aromatic amines is 1. The van der Waals surface area contributed by atoms with Crippen LogP contribution in [-0.4, -0.2) is 15.2 Å². The fraction of sp³-hybridized carbons (Fsp3) is 0.400. The molecule has 0 fully saturated rings. The molecule has 0 aliphatic heterocycles. The van der Waals surface area contributed by atoms with Crippen molar-refractivity contribution in [3.63, 3.8) is 0 Å². The summed E-state index contributed by atoms with van der Waals surface area (Å²) in [5, 5.41) is 7.11. The Morgan fingerprint density at radius 1 is 1.29 bits per heavy atom. The molecule has 0 aliphatic rings. The second-order valence-electron chi connectivity index (χ2n) is 3.08. The highest BCUT2D eigenvalue weighted by molar-refractivity contribution is 7.15. The van der Waals surface area contributed by atoms with E-state index in [1.54, 1.807) is 11.3 Å². The van der Waals surface area contributed by atoms with Crippen molar-refractivity contribution in [1.82, 2.24) is 15.2 Å². The van der Waals surface area contributed by atoms with Crippen molar-refractivity contribution >= 4 is 11.3 Å². The van der Waals surface area contributed by atoms with E-state index in [9.17, 15) is 0 Å². The monoisotopic (exact) mass is 207 g/mol. The number of rotatable bonds is 3. The second-order valence-corrected chi connectivity index (χ2v) is 4.25. The smallest absolute Gasteiger partial charge is 0.191 e. The van der Waals surface area contributed by atoms with Gasteiger partial charge in [0.15, 0.2) is 5.82 Å². The summed E-state index contributed by atoms with van der Waals surface area (Å²) in [4.78, 5) is 6.92. The van der Waals surface area contributed by atoms with Crippen molar-refractivity contribution in [2.24, 2.45) is 0 Å². The van der Waals surface area contributed by atoms with Crippen LogP contribution in [0.25, 0.3) is 10.7 Å². The van der Waals surface area contributed by atoms with Gasteiger partial charge in [-0.05, 0) is 18.6 Å². The van der Waals surface area contributed by atoms with Crippen molar-refractivity contribution in [2.75, 3.05) is 0 Å². The van der Waals surface area contributed by atoms with Gasteiger partial charge in [-0.1, -0.05) is 13.8 Å². The van der Waals surface area contributed by atoms with Gasteiger partial charge >= 0.3 is 0 Å². The molecule has 2 aromatic heterocycles. The van der Waals surface area contributed by atoms with Gasteiger partial charge in [-0.3, -0.25) is 5.10 Å². The predicted octanol–water partition coefficient (Wildman–Crippen LogP) is 2.66. The number of nitrogens with one attached hydrogen (secondary N) is 1. The van der Waals surface area contributed by atoms with Gasteiger partial charge in [0.1, 0.15) is 5.82 Å². The third kappa shape index (κ3) is 1.70. The Morgan fingerprint density at radius 2 is 2.14 bits per heavy atom. The van der Waals surface area contributed by atoms with Gasteiger partial charge in [0.25, 0.3) is 0 Å². The van der Waals surface area contributed by atoms with E-state index in [1.807, 2.05) is 0 Å². The summed E-state index contributed by atoms with van der Waals surface area (Å²) < 4.78 is 0. The van der Waals surface area contributed by atoms with E-state index in [4.69, 9.17) is 0 Å². The molecule has 3 nitrogen and oxygen atoms in total. The van der Waals surface area contributed by atoms with E-state index in [0.717, 1.165) is 29.4 Å². The molecular weight excluding hydrogens is 194 g/mol. The van der Waals surface area contributed by atoms with Gasteiger partial charge in [0.2, 0.25) is 0 Å². The minimum Gasteiger partial charge on any atom is -0.263 e. The zero-order valence-electron chi connectivity index (χ0n) is 8.37. The van der Waals surface area contributed by atoms with Gasteiger partial charge in [-0.15, -0.1) is 11.3 Å². The van der Waals surface area contributed by atoms with Crippen LogP contribution in [0.15, 0.2) is 12.1 Å².